The molecule has 0 aliphatic carbocycles. The SMILES string of the molecule is CC(C)CC(=O)NC(C(=O)NC(C)c1cc2c(cc1Br)OCCO2)c1ccccc1. The standard InChI is InChI=1S/C23H27BrN2O4/c1-14(2)11-21(27)26-22(16-7-5-4-6-8-16)23(28)25-15(3)17-12-19-20(13-18(17)24)30-10-9-29-19/h4-8,12-15,22H,9-11H2,1-3H3,(H,25,28)(H,26,27). The first-order valence-electron chi connectivity index (χ1n) is 10.1. The first-order chi connectivity index (χ1) is 14.3. The first-order valence-corrected chi connectivity index (χ1v) is 10.9. The molecule has 0 fully saturated rings. The average molecular weight is 475 g/mol. The van der Waals surface area contributed by atoms with Gasteiger partial charge in [0.05, 0.1) is 6.04 Å². The Morgan fingerprint density at radius 2 is 1.63 bits per heavy atom. The van der Waals surface area contributed by atoms with Crippen molar-refractivity contribution in [2.45, 2.75) is 39.3 Å². The van der Waals surface area contributed by atoms with Crippen molar-refractivity contribution < 1.29 is 19.1 Å². The Morgan fingerprint density at radius 1 is 1.00 bits per heavy atom. The summed E-state index contributed by atoms with van der Waals surface area (Å²) in [5.74, 6) is 1.12. The third kappa shape index (κ3) is 5.53. The summed E-state index contributed by atoms with van der Waals surface area (Å²) in [4.78, 5) is 25.5. The number of benzene rings is 2. The summed E-state index contributed by atoms with van der Waals surface area (Å²) in [7, 11) is 0. The van der Waals surface area contributed by atoms with Crippen LogP contribution in [-0.4, -0.2) is 25.0 Å². The highest BCUT2D eigenvalue weighted by Gasteiger charge is 2.26. The Labute approximate surface area is 185 Å². The number of fused-ring (bicyclic) bond motifs is 1. The van der Waals surface area contributed by atoms with Gasteiger partial charge in [0.2, 0.25) is 11.8 Å². The quantitative estimate of drug-likeness (QED) is 0.626. The van der Waals surface area contributed by atoms with E-state index in [4.69, 9.17) is 9.47 Å². The fourth-order valence-corrected chi connectivity index (χ4v) is 3.99. The molecule has 2 N–H and O–H groups in total. The van der Waals surface area contributed by atoms with Crippen LogP contribution in [0.5, 0.6) is 11.5 Å². The largest absolute Gasteiger partial charge is 0.486 e. The van der Waals surface area contributed by atoms with Gasteiger partial charge in [-0.2, -0.15) is 0 Å². The lowest BCUT2D eigenvalue weighted by atomic mass is 10.0. The van der Waals surface area contributed by atoms with E-state index in [-0.39, 0.29) is 23.8 Å². The molecule has 3 rings (SSSR count). The number of halogens is 1. The third-order valence-electron chi connectivity index (χ3n) is 4.78. The molecule has 30 heavy (non-hydrogen) atoms. The fraction of sp³-hybridized carbons (Fsp3) is 0.391. The van der Waals surface area contributed by atoms with Gasteiger partial charge < -0.3 is 20.1 Å². The van der Waals surface area contributed by atoms with Gasteiger partial charge in [-0.25, -0.2) is 0 Å². The minimum absolute atomic E-state index is 0.151. The minimum atomic E-state index is -0.768. The van der Waals surface area contributed by atoms with Crippen LogP contribution in [0, 0.1) is 5.92 Å². The molecular weight excluding hydrogens is 448 g/mol. The molecule has 2 atom stereocenters. The number of rotatable bonds is 7. The summed E-state index contributed by atoms with van der Waals surface area (Å²) in [6.45, 7) is 6.84. The smallest absolute Gasteiger partial charge is 0.247 e. The van der Waals surface area contributed by atoms with Crippen LogP contribution in [0.2, 0.25) is 0 Å². The van der Waals surface area contributed by atoms with Gasteiger partial charge in [-0.1, -0.05) is 60.1 Å². The summed E-state index contributed by atoms with van der Waals surface area (Å²) in [5.41, 5.74) is 1.61. The van der Waals surface area contributed by atoms with Gasteiger partial charge in [0.25, 0.3) is 0 Å². The lowest BCUT2D eigenvalue weighted by molar-refractivity contribution is -0.130. The van der Waals surface area contributed by atoms with Gasteiger partial charge in [0, 0.05) is 10.9 Å². The molecule has 1 aliphatic rings. The van der Waals surface area contributed by atoms with Crippen molar-refractivity contribution in [3.05, 3.63) is 58.1 Å². The van der Waals surface area contributed by atoms with Crippen LogP contribution < -0.4 is 20.1 Å². The Bertz CT molecular complexity index is 902. The zero-order valence-electron chi connectivity index (χ0n) is 17.4. The second kappa shape index (κ2) is 9.98. The average Bonchev–Trinajstić information content (AvgIpc) is 2.71. The number of nitrogens with one attached hydrogen (secondary N) is 2. The fourth-order valence-electron chi connectivity index (χ4n) is 3.32. The maximum atomic E-state index is 13.2. The summed E-state index contributed by atoms with van der Waals surface area (Å²) in [5, 5.41) is 5.90. The molecule has 0 saturated heterocycles. The van der Waals surface area contributed by atoms with E-state index in [2.05, 4.69) is 26.6 Å². The molecule has 7 heteroatoms. The normalized spacial score (nSPS) is 14.7. The van der Waals surface area contributed by atoms with E-state index < -0.39 is 6.04 Å². The highest BCUT2D eigenvalue weighted by molar-refractivity contribution is 9.10. The first kappa shape index (κ1) is 22.2. The monoisotopic (exact) mass is 474 g/mol. The second-order valence-corrected chi connectivity index (χ2v) is 8.61. The molecule has 2 aromatic rings. The van der Waals surface area contributed by atoms with Crippen molar-refractivity contribution >= 4 is 27.7 Å². The Balaban J connectivity index is 1.78. The molecule has 160 valence electrons. The van der Waals surface area contributed by atoms with Gasteiger partial charge >= 0.3 is 0 Å². The van der Waals surface area contributed by atoms with Crippen LogP contribution in [0.15, 0.2) is 46.9 Å². The predicted molar refractivity (Wildman–Crippen MR) is 118 cm³/mol. The molecule has 2 aromatic carbocycles. The summed E-state index contributed by atoms with van der Waals surface area (Å²) >= 11 is 3.56. The maximum absolute atomic E-state index is 13.2. The molecule has 6 nitrogen and oxygen atoms in total. The van der Waals surface area contributed by atoms with Crippen molar-refractivity contribution in [3.63, 3.8) is 0 Å². The van der Waals surface area contributed by atoms with E-state index in [0.29, 0.717) is 31.1 Å². The molecule has 0 saturated carbocycles. The molecule has 0 bridgehead atoms. The molecule has 1 heterocycles. The van der Waals surface area contributed by atoms with Crippen LogP contribution in [-0.2, 0) is 9.59 Å². The van der Waals surface area contributed by atoms with Gasteiger partial charge in [0.1, 0.15) is 19.3 Å². The molecule has 0 aromatic heterocycles. The van der Waals surface area contributed by atoms with E-state index >= 15 is 0 Å². The van der Waals surface area contributed by atoms with E-state index in [0.717, 1.165) is 15.6 Å². The topological polar surface area (TPSA) is 76.7 Å². The Kier molecular flexibility index (Phi) is 7.37. The van der Waals surface area contributed by atoms with Crippen LogP contribution in [0.4, 0.5) is 0 Å². The number of ether oxygens (including phenoxy) is 2. The van der Waals surface area contributed by atoms with Crippen LogP contribution in [0.1, 0.15) is 50.4 Å². The van der Waals surface area contributed by atoms with Crippen molar-refractivity contribution in [1.29, 1.82) is 0 Å². The van der Waals surface area contributed by atoms with E-state index in [9.17, 15) is 9.59 Å². The Hall–Kier alpha value is -2.54. The summed E-state index contributed by atoms with van der Waals surface area (Å²) < 4.78 is 12.1. The lowest BCUT2D eigenvalue weighted by Gasteiger charge is -2.25. The van der Waals surface area contributed by atoms with Crippen LogP contribution in [0.25, 0.3) is 0 Å². The van der Waals surface area contributed by atoms with Crippen molar-refractivity contribution in [1.82, 2.24) is 10.6 Å². The van der Waals surface area contributed by atoms with Gasteiger partial charge in [0.15, 0.2) is 11.5 Å². The van der Waals surface area contributed by atoms with E-state index in [1.807, 2.05) is 63.2 Å². The molecule has 0 spiro atoms. The molecular formula is C23H27BrN2O4. The predicted octanol–water partition coefficient (Wildman–Crippen LogP) is 4.30. The van der Waals surface area contributed by atoms with Crippen LogP contribution >= 0.6 is 15.9 Å². The number of carbonyl (C=O) groups excluding carboxylic acids is 2. The Morgan fingerprint density at radius 3 is 2.27 bits per heavy atom. The second-order valence-electron chi connectivity index (χ2n) is 7.76. The number of carbonyl (C=O) groups is 2. The number of hydrogen-bond donors (Lipinski definition) is 2. The minimum Gasteiger partial charge on any atom is -0.486 e. The molecule has 1 aliphatic heterocycles. The number of hydrogen-bond acceptors (Lipinski definition) is 4. The lowest BCUT2D eigenvalue weighted by Crippen LogP contribution is -2.41. The van der Waals surface area contributed by atoms with Gasteiger partial charge in [-0.3, -0.25) is 9.59 Å². The zero-order valence-corrected chi connectivity index (χ0v) is 19.0. The van der Waals surface area contributed by atoms with Crippen molar-refractivity contribution in [2.24, 2.45) is 5.92 Å². The van der Waals surface area contributed by atoms with Crippen molar-refractivity contribution in [2.75, 3.05) is 13.2 Å². The van der Waals surface area contributed by atoms with Crippen LogP contribution in [0.3, 0.4) is 0 Å². The highest BCUT2D eigenvalue weighted by atomic mass is 79.9. The highest BCUT2D eigenvalue weighted by Crippen LogP contribution is 2.37. The third-order valence-corrected chi connectivity index (χ3v) is 5.47. The van der Waals surface area contributed by atoms with Gasteiger partial charge in [-0.15, -0.1) is 0 Å². The molecule has 2 amide bonds. The zero-order chi connectivity index (χ0) is 21.7. The van der Waals surface area contributed by atoms with Crippen molar-refractivity contribution in [3.8, 4) is 11.5 Å². The van der Waals surface area contributed by atoms with E-state index in [1.165, 1.54) is 0 Å². The maximum Gasteiger partial charge on any atom is 0.247 e. The number of amides is 2. The molecule has 2 unspecified atom stereocenters. The summed E-state index contributed by atoms with van der Waals surface area (Å²) in [6, 6.07) is 11.9. The van der Waals surface area contributed by atoms with E-state index in [1.54, 1.807) is 0 Å². The van der Waals surface area contributed by atoms with Gasteiger partial charge in [-0.05, 0) is 36.1 Å². The summed E-state index contributed by atoms with van der Waals surface area (Å²) in [6.07, 6.45) is 0.361. The molecule has 0 radical (unpaired) electrons.